The third kappa shape index (κ3) is 3.53. The summed E-state index contributed by atoms with van der Waals surface area (Å²) in [7, 11) is 0. The summed E-state index contributed by atoms with van der Waals surface area (Å²) in [5.41, 5.74) is 1.25. The summed E-state index contributed by atoms with van der Waals surface area (Å²) in [5.74, 6) is -0.408. The summed E-state index contributed by atoms with van der Waals surface area (Å²) in [6.45, 7) is 1.96. The van der Waals surface area contributed by atoms with Gasteiger partial charge in [-0.15, -0.1) is 0 Å². The first-order valence-electron chi connectivity index (χ1n) is 10.6. The van der Waals surface area contributed by atoms with Crippen molar-refractivity contribution >= 4 is 17.5 Å². The van der Waals surface area contributed by atoms with Gasteiger partial charge in [-0.25, -0.2) is 4.39 Å². The summed E-state index contributed by atoms with van der Waals surface area (Å²) in [6.07, 6.45) is 4.12. The highest BCUT2D eigenvalue weighted by molar-refractivity contribution is 5.96. The number of hydrogen-bond donors (Lipinski definition) is 2. The zero-order valence-corrected chi connectivity index (χ0v) is 16.4. The molecular formula is C21H27FN4O3. The Morgan fingerprint density at radius 1 is 1.28 bits per heavy atom. The van der Waals surface area contributed by atoms with E-state index in [9.17, 15) is 14.0 Å². The maximum absolute atomic E-state index is 14.0. The highest BCUT2D eigenvalue weighted by atomic mass is 19.1. The number of carbonyl (C=O) groups is 2. The van der Waals surface area contributed by atoms with E-state index in [0.29, 0.717) is 43.3 Å². The fraction of sp³-hybridized carbons (Fsp3) is 0.619. The van der Waals surface area contributed by atoms with E-state index in [-0.39, 0.29) is 36.3 Å². The van der Waals surface area contributed by atoms with Crippen LogP contribution in [0.15, 0.2) is 18.2 Å². The molecule has 4 unspecified atom stereocenters. The van der Waals surface area contributed by atoms with Crippen molar-refractivity contribution in [3.63, 3.8) is 0 Å². The second-order valence-corrected chi connectivity index (χ2v) is 8.39. The van der Waals surface area contributed by atoms with Gasteiger partial charge in [0.05, 0.1) is 37.9 Å². The lowest BCUT2D eigenvalue weighted by atomic mass is 10.1. The van der Waals surface area contributed by atoms with Gasteiger partial charge in [-0.2, -0.15) is 0 Å². The van der Waals surface area contributed by atoms with Crippen molar-refractivity contribution in [1.82, 2.24) is 15.5 Å². The van der Waals surface area contributed by atoms with Crippen LogP contribution in [0.25, 0.3) is 0 Å². The normalized spacial score (nSPS) is 32.0. The zero-order chi connectivity index (χ0) is 20.0. The lowest BCUT2D eigenvalue weighted by Crippen LogP contribution is -2.66. The number of rotatable bonds is 3. The van der Waals surface area contributed by atoms with E-state index in [2.05, 4.69) is 15.5 Å². The van der Waals surface area contributed by atoms with Gasteiger partial charge in [0.2, 0.25) is 11.8 Å². The van der Waals surface area contributed by atoms with Gasteiger partial charge in [-0.1, -0.05) is 6.07 Å². The van der Waals surface area contributed by atoms with E-state index in [1.54, 1.807) is 17.0 Å². The molecule has 2 amide bonds. The second kappa shape index (κ2) is 7.66. The van der Waals surface area contributed by atoms with Crippen LogP contribution in [0, 0.1) is 5.82 Å². The number of hydrogen-bond acceptors (Lipinski definition) is 5. The first-order valence-corrected chi connectivity index (χ1v) is 10.6. The fourth-order valence-corrected chi connectivity index (χ4v) is 5.36. The molecule has 1 aromatic rings. The number of morpholine rings is 1. The molecule has 2 N–H and O–H groups in total. The predicted octanol–water partition coefficient (Wildman–Crippen LogP) is 1.12. The Hall–Kier alpha value is -2.03. The summed E-state index contributed by atoms with van der Waals surface area (Å²) in [4.78, 5) is 29.3. The number of anilines is 1. The number of carbonyl (C=O) groups excluding carboxylic acids is 2. The second-order valence-electron chi connectivity index (χ2n) is 8.39. The number of amides is 2. The number of benzene rings is 1. The summed E-state index contributed by atoms with van der Waals surface area (Å²) in [5, 5.41) is 6.38. The predicted molar refractivity (Wildman–Crippen MR) is 105 cm³/mol. The molecule has 0 aromatic heterocycles. The maximum atomic E-state index is 14.0. The molecule has 3 heterocycles. The Bertz CT molecular complexity index is 819. The van der Waals surface area contributed by atoms with Crippen LogP contribution < -0.4 is 15.5 Å². The molecule has 1 aromatic carbocycles. The van der Waals surface area contributed by atoms with Gasteiger partial charge in [0.25, 0.3) is 0 Å². The van der Waals surface area contributed by atoms with E-state index in [1.807, 2.05) is 0 Å². The number of halogens is 1. The van der Waals surface area contributed by atoms with Crippen LogP contribution in [0.1, 0.15) is 37.7 Å². The number of nitrogens with zero attached hydrogens (tertiary/aromatic N) is 2. The van der Waals surface area contributed by atoms with E-state index in [0.717, 1.165) is 25.8 Å². The van der Waals surface area contributed by atoms with E-state index in [4.69, 9.17) is 4.74 Å². The molecule has 4 atom stereocenters. The van der Waals surface area contributed by atoms with Crippen LogP contribution in [0.3, 0.4) is 0 Å². The lowest BCUT2D eigenvalue weighted by Gasteiger charge is -2.45. The topological polar surface area (TPSA) is 73.9 Å². The monoisotopic (exact) mass is 402 g/mol. The molecule has 2 saturated heterocycles. The number of nitrogens with one attached hydrogen (secondary N) is 2. The first-order chi connectivity index (χ1) is 14.1. The van der Waals surface area contributed by atoms with Crippen molar-refractivity contribution in [3.8, 4) is 0 Å². The Morgan fingerprint density at radius 3 is 3.07 bits per heavy atom. The van der Waals surface area contributed by atoms with Crippen molar-refractivity contribution in [2.75, 3.05) is 24.6 Å². The van der Waals surface area contributed by atoms with Crippen molar-refractivity contribution in [2.24, 2.45) is 0 Å². The Kier molecular flexibility index (Phi) is 5.01. The quantitative estimate of drug-likeness (QED) is 0.793. The molecule has 156 valence electrons. The highest BCUT2D eigenvalue weighted by Gasteiger charge is 2.42. The summed E-state index contributed by atoms with van der Waals surface area (Å²) < 4.78 is 19.9. The summed E-state index contributed by atoms with van der Waals surface area (Å²) in [6, 6.07) is 5.19. The fourth-order valence-electron chi connectivity index (χ4n) is 5.36. The van der Waals surface area contributed by atoms with Crippen molar-refractivity contribution in [2.45, 2.75) is 63.0 Å². The maximum Gasteiger partial charge on any atom is 0.230 e. The van der Waals surface area contributed by atoms with Gasteiger partial charge in [-0.05, 0) is 37.8 Å². The lowest BCUT2D eigenvalue weighted by molar-refractivity contribution is -0.132. The van der Waals surface area contributed by atoms with Crippen LogP contribution in [0.2, 0.25) is 0 Å². The van der Waals surface area contributed by atoms with E-state index < -0.39 is 6.17 Å². The van der Waals surface area contributed by atoms with Crippen LogP contribution in [0.5, 0.6) is 0 Å². The highest BCUT2D eigenvalue weighted by Crippen LogP contribution is 2.32. The molecule has 3 fully saturated rings. The molecule has 5 rings (SSSR count). The minimum absolute atomic E-state index is 0.0412. The van der Waals surface area contributed by atoms with Gasteiger partial charge in [0, 0.05) is 30.4 Å². The van der Waals surface area contributed by atoms with Crippen molar-refractivity contribution < 1.29 is 18.7 Å². The van der Waals surface area contributed by atoms with Crippen LogP contribution in [-0.2, 0) is 20.7 Å². The Balaban J connectivity index is 1.27. The zero-order valence-electron chi connectivity index (χ0n) is 16.4. The van der Waals surface area contributed by atoms with Crippen LogP contribution >= 0.6 is 0 Å². The minimum Gasteiger partial charge on any atom is -0.375 e. The minimum atomic E-state index is -0.422. The molecule has 7 nitrogen and oxygen atoms in total. The third-order valence-electron chi connectivity index (χ3n) is 6.68. The standard InChI is InChI=1S/C21H27FN4O3/c22-14-3-1-4-15-13(14)7-8-26(15)21(28)11-18-23-19(12-20(27)24-18)25-9-10-29-17-6-2-5-16(17)25/h1,3-4,16-19,23H,2,5-12H2,(H,24,27). The van der Waals surface area contributed by atoms with Gasteiger partial charge in [-0.3, -0.25) is 19.8 Å². The van der Waals surface area contributed by atoms with Gasteiger partial charge < -0.3 is 15.0 Å². The number of fused-ring (bicyclic) bond motifs is 2. The van der Waals surface area contributed by atoms with Gasteiger partial charge in [0.1, 0.15) is 5.82 Å². The van der Waals surface area contributed by atoms with Crippen LogP contribution in [0.4, 0.5) is 10.1 Å². The third-order valence-corrected chi connectivity index (χ3v) is 6.68. The average molecular weight is 402 g/mol. The van der Waals surface area contributed by atoms with Gasteiger partial charge >= 0.3 is 0 Å². The van der Waals surface area contributed by atoms with Crippen LogP contribution in [-0.4, -0.2) is 60.9 Å². The molecule has 1 aliphatic carbocycles. The van der Waals surface area contributed by atoms with Crippen molar-refractivity contribution in [3.05, 3.63) is 29.6 Å². The summed E-state index contributed by atoms with van der Waals surface area (Å²) >= 11 is 0. The largest absolute Gasteiger partial charge is 0.375 e. The molecule has 0 radical (unpaired) electrons. The first kappa shape index (κ1) is 19.0. The van der Waals surface area contributed by atoms with Crippen molar-refractivity contribution in [1.29, 1.82) is 0 Å². The molecule has 3 aliphatic heterocycles. The Morgan fingerprint density at radius 2 is 2.17 bits per heavy atom. The smallest absolute Gasteiger partial charge is 0.230 e. The molecular weight excluding hydrogens is 375 g/mol. The molecule has 0 spiro atoms. The molecule has 0 bridgehead atoms. The molecule has 4 aliphatic rings. The molecule has 1 saturated carbocycles. The van der Waals surface area contributed by atoms with E-state index >= 15 is 0 Å². The number of ether oxygens (including phenoxy) is 1. The van der Waals surface area contributed by atoms with Gasteiger partial charge in [0.15, 0.2) is 0 Å². The SMILES string of the molecule is O=C1CC(N2CCOC3CCCC32)NC(CC(=O)N2CCc3c(F)cccc32)N1. The molecule has 8 heteroatoms. The van der Waals surface area contributed by atoms with E-state index in [1.165, 1.54) is 6.07 Å². The molecule has 29 heavy (non-hydrogen) atoms. The average Bonchev–Trinajstić information content (AvgIpc) is 3.35. The Labute approximate surface area is 169 Å².